The summed E-state index contributed by atoms with van der Waals surface area (Å²) in [5, 5.41) is 6.36. The van der Waals surface area contributed by atoms with E-state index in [0.717, 1.165) is 18.4 Å². The van der Waals surface area contributed by atoms with E-state index in [9.17, 15) is 9.59 Å². The number of nitrogens with one attached hydrogen (secondary N) is 2. The van der Waals surface area contributed by atoms with Crippen LogP contribution in [-0.2, 0) is 16.1 Å². The van der Waals surface area contributed by atoms with Gasteiger partial charge in [-0.1, -0.05) is 29.8 Å². The smallest absolute Gasteiger partial charge is 0.409 e. The number of benzene rings is 1. The molecule has 0 radical (unpaired) electrons. The number of hydrogen-bond acceptors (Lipinski definition) is 4. The van der Waals surface area contributed by atoms with E-state index in [1.165, 1.54) is 5.56 Å². The van der Waals surface area contributed by atoms with E-state index in [-0.39, 0.29) is 12.0 Å². The van der Waals surface area contributed by atoms with Crippen LogP contribution in [0.15, 0.2) is 24.3 Å². The van der Waals surface area contributed by atoms with Crippen LogP contribution >= 0.6 is 0 Å². The van der Waals surface area contributed by atoms with Crippen LogP contribution in [0.25, 0.3) is 0 Å². The van der Waals surface area contributed by atoms with Gasteiger partial charge >= 0.3 is 6.09 Å². The second-order valence-corrected chi connectivity index (χ2v) is 6.43. The van der Waals surface area contributed by atoms with Gasteiger partial charge in [0.05, 0.1) is 6.61 Å². The van der Waals surface area contributed by atoms with Crippen LogP contribution in [0.5, 0.6) is 0 Å². The molecule has 0 aromatic heterocycles. The summed E-state index contributed by atoms with van der Waals surface area (Å²) < 4.78 is 5.01. The molecule has 0 spiro atoms. The first-order valence-corrected chi connectivity index (χ1v) is 9.05. The Hall–Kier alpha value is -2.08. The predicted octanol–water partition coefficient (Wildman–Crippen LogP) is 2.21. The fourth-order valence-electron chi connectivity index (χ4n) is 2.98. The Labute approximate surface area is 149 Å². The van der Waals surface area contributed by atoms with E-state index < -0.39 is 0 Å². The lowest BCUT2D eigenvalue weighted by Gasteiger charge is -2.31. The zero-order chi connectivity index (χ0) is 18.1. The highest BCUT2D eigenvalue weighted by Crippen LogP contribution is 2.11. The molecule has 0 atom stereocenters. The molecule has 2 N–H and O–H groups in total. The van der Waals surface area contributed by atoms with Crippen LogP contribution < -0.4 is 10.6 Å². The molecule has 138 valence electrons. The number of hydrogen-bond donors (Lipinski definition) is 2. The third-order valence-electron chi connectivity index (χ3n) is 4.38. The second-order valence-electron chi connectivity index (χ2n) is 6.43. The van der Waals surface area contributed by atoms with Crippen LogP contribution in [0.3, 0.4) is 0 Å². The SMILES string of the molecule is CCOC(=O)N1CCC(NCCC(=O)NCc2cccc(C)c2)CC1. The van der Waals surface area contributed by atoms with Crippen molar-refractivity contribution in [2.45, 2.75) is 45.7 Å². The van der Waals surface area contributed by atoms with Crippen LogP contribution in [-0.4, -0.2) is 49.2 Å². The van der Waals surface area contributed by atoms with Gasteiger partial charge in [-0.15, -0.1) is 0 Å². The van der Waals surface area contributed by atoms with Crippen LogP contribution in [0.1, 0.15) is 37.3 Å². The number of ether oxygens (including phenoxy) is 1. The van der Waals surface area contributed by atoms with Gasteiger partial charge in [-0.3, -0.25) is 4.79 Å². The normalized spacial score (nSPS) is 15.0. The number of rotatable bonds is 7. The first-order chi connectivity index (χ1) is 12.1. The number of carbonyl (C=O) groups excluding carboxylic acids is 2. The molecule has 6 heteroatoms. The van der Waals surface area contributed by atoms with Crippen molar-refractivity contribution >= 4 is 12.0 Å². The molecule has 1 heterocycles. The lowest BCUT2D eigenvalue weighted by molar-refractivity contribution is -0.121. The predicted molar refractivity (Wildman–Crippen MR) is 97.3 cm³/mol. The van der Waals surface area contributed by atoms with Gasteiger partial charge in [0.2, 0.25) is 5.91 Å². The van der Waals surface area contributed by atoms with E-state index in [2.05, 4.69) is 16.7 Å². The average Bonchev–Trinajstić information content (AvgIpc) is 2.61. The molecule has 2 amide bonds. The van der Waals surface area contributed by atoms with E-state index in [1.54, 1.807) is 4.90 Å². The molecule has 1 aromatic carbocycles. The van der Waals surface area contributed by atoms with Crippen molar-refractivity contribution in [2.24, 2.45) is 0 Å². The number of piperidine rings is 1. The highest BCUT2D eigenvalue weighted by Gasteiger charge is 2.23. The molecule has 1 aliphatic heterocycles. The number of aryl methyl sites for hydroxylation is 1. The maximum atomic E-state index is 11.9. The molecule has 25 heavy (non-hydrogen) atoms. The summed E-state index contributed by atoms with van der Waals surface area (Å²) in [6.07, 6.45) is 2.02. The minimum absolute atomic E-state index is 0.0537. The molecule has 1 aliphatic rings. The zero-order valence-electron chi connectivity index (χ0n) is 15.2. The molecular weight excluding hydrogens is 318 g/mol. The van der Waals surface area contributed by atoms with E-state index in [1.807, 2.05) is 32.0 Å². The lowest BCUT2D eigenvalue weighted by atomic mass is 10.1. The molecule has 1 saturated heterocycles. The second kappa shape index (κ2) is 10.0. The fourth-order valence-corrected chi connectivity index (χ4v) is 2.98. The van der Waals surface area contributed by atoms with Crippen molar-refractivity contribution in [3.8, 4) is 0 Å². The van der Waals surface area contributed by atoms with E-state index in [0.29, 0.717) is 45.2 Å². The van der Waals surface area contributed by atoms with Gasteiger partial charge in [-0.2, -0.15) is 0 Å². The molecule has 0 saturated carbocycles. The first-order valence-electron chi connectivity index (χ1n) is 9.05. The molecule has 6 nitrogen and oxygen atoms in total. The maximum absolute atomic E-state index is 11.9. The van der Waals surface area contributed by atoms with E-state index >= 15 is 0 Å². The molecule has 2 rings (SSSR count). The quantitative estimate of drug-likeness (QED) is 0.793. The van der Waals surface area contributed by atoms with E-state index in [4.69, 9.17) is 4.74 Å². The Kier molecular flexibility index (Phi) is 7.73. The van der Waals surface area contributed by atoms with Crippen molar-refractivity contribution in [1.29, 1.82) is 0 Å². The standard InChI is InChI=1S/C19H29N3O3/c1-3-25-19(24)22-11-8-17(9-12-22)20-10-7-18(23)21-14-16-6-4-5-15(2)13-16/h4-6,13,17,20H,3,7-12,14H2,1-2H3,(H,21,23). The van der Waals surface area contributed by atoms with Crippen molar-refractivity contribution in [3.05, 3.63) is 35.4 Å². The third-order valence-corrected chi connectivity index (χ3v) is 4.38. The molecule has 0 aliphatic carbocycles. The van der Waals surface area contributed by atoms with Crippen molar-refractivity contribution in [1.82, 2.24) is 15.5 Å². The van der Waals surface area contributed by atoms with Gasteiger partial charge in [-0.25, -0.2) is 4.79 Å². The monoisotopic (exact) mass is 347 g/mol. The zero-order valence-corrected chi connectivity index (χ0v) is 15.2. The Morgan fingerprint density at radius 3 is 2.72 bits per heavy atom. The number of nitrogens with zero attached hydrogens (tertiary/aromatic N) is 1. The van der Waals surface area contributed by atoms with Gasteiger partial charge in [0.15, 0.2) is 0 Å². The Balaban J connectivity index is 1.58. The van der Waals surface area contributed by atoms with Crippen molar-refractivity contribution < 1.29 is 14.3 Å². The fraction of sp³-hybridized carbons (Fsp3) is 0.579. The minimum Gasteiger partial charge on any atom is -0.450 e. The summed E-state index contributed by atoms with van der Waals surface area (Å²) >= 11 is 0. The van der Waals surface area contributed by atoms with Crippen LogP contribution in [0.2, 0.25) is 0 Å². The number of likely N-dealkylation sites (tertiary alicyclic amines) is 1. The highest BCUT2D eigenvalue weighted by atomic mass is 16.6. The summed E-state index contributed by atoms with van der Waals surface area (Å²) in [5.74, 6) is 0.0537. The highest BCUT2D eigenvalue weighted by molar-refractivity contribution is 5.76. The summed E-state index contributed by atoms with van der Waals surface area (Å²) in [5.41, 5.74) is 2.32. The average molecular weight is 347 g/mol. The van der Waals surface area contributed by atoms with Crippen molar-refractivity contribution in [3.63, 3.8) is 0 Å². The molecule has 1 aromatic rings. The largest absolute Gasteiger partial charge is 0.450 e. The van der Waals surface area contributed by atoms with Gasteiger partial charge in [0, 0.05) is 38.6 Å². The van der Waals surface area contributed by atoms with Gasteiger partial charge in [0.25, 0.3) is 0 Å². The van der Waals surface area contributed by atoms with Gasteiger partial charge < -0.3 is 20.3 Å². The van der Waals surface area contributed by atoms with Crippen LogP contribution in [0.4, 0.5) is 4.79 Å². The summed E-state index contributed by atoms with van der Waals surface area (Å²) in [6.45, 7) is 6.90. The summed E-state index contributed by atoms with van der Waals surface area (Å²) in [4.78, 5) is 25.3. The third kappa shape index (κ3) is 6.74. The summed E-state index contributed by atoms with van der Waals surface area (Å²) in [6, 6.07) is 8.50. The number of amides is 2. The van der Waals surface area contributed by atoms with Crippen LogP contribution in [0, 0.1) is 6.92 Å². The van der Waals surface area contributed by atoms with Crippen molar-refractivity contribution in [2.75, 3.05) is 26.2 Å². The lowest BCUT2D eigenvalue weighted by Crippen LogP contribution is -2.45. The summed E-state index contributed by atoms with van der Waals surface area (Å²) in [7, 11) is 0. The molecule has 0 bridgehead atoms. The minimum atomic E-state index is -0.225. The van der Waals surface area contributed by atoms with Gasteiger partial charge in [-0.05, 0) is 32.3 Å². The maximum Gasteiger partial charge on any atom is 0.409 e. The number of carbonyl (C=O) groups is 2. The van der Waals surface area contributed by atoms with Gasteiger partial charge in [0.1, 0.15) is 0 Å². The Bertz CT molecular complexity index is 569. The Morgan fingerprint density at radius 2 is 2.04 bits per heavy atom. The molecule has 1 fully saturated rings. The molecular formula is C19H29N3O3. The molecule has 0 unspecified atom stereocenters. The Morgan fingerprint density at radius 1 is 1.28 bits per heavy atom. The topological polar surface area (TPSA) is 70.7 Å². The first kappa shape index (κ1) is 19.2.